The molecule has 3 aromatic rings. The van der Waals surface area contributed by atoms with Crippen LogP contribution in [0.4, 0.5) is 0 Å². The molecule has 2 aromatic carbocycles. The number of benzene rings is 2. The number of aromatic amines is 1. The number of rotatable bonds is 5. The van der Waals surface area contributed by atoms with E-state index < -0.39 is 8.07 Å². The normalized spacial score (nSPS) is 12.7. The lowest BCUT2D eigenvalue weighted by molar-refractivity contribution is 0.832. The van der Waals surface area contributed by atoms with Crippen molar-refractivity contribution in [2.75, 3.05) is 0 Å². The summed E-state index contributed by atoms with van der Waals surface area (Å²) in [7, 11) is -1.66. The predicted octanol–water partition coefficient (Wildman–Crippen LogP) is 7.34. The first-order valence-corrected chi connectivity index (χ1v) is 12.6. The number of nitrogens with one attached hydrogen (secondary N) is 1. The second-order valence-electron chi connectivity index (χ2n) is 9.15. The Kier molecular flexibility index (Phi) is 5.40. The Morgan fingerprint density at radius 1 is 0.741 bits per heavy atom. The van der Waals surface area contributed by atoms with E-state index in [1.54, 1.807) is 0 Å². The molecule has 0 unspecified atom stereocenters. The van der Waals surface area contributed by atoms with E-state index in [2.05, 4.69) is 103 Å². The van der Waals surface area contributed by atoms with Crippen LogP contribution >= 0.6 is 0 Å². The topological polar surface area (TPSA) is 15.8 Å². The highest BCUT2D eigenvalue weighted by molar-refractivity contribution is 6.94. The molecule has 1 aromatic heterocycles. The minimum absolute atomic E-state index is 0.712. The van der Waals surface area contributed by atoms with Crippen LogP contribution in [0.15, 0.2) is 42.5 Å². The molecule has 0 bridgehead atoms. The van der Waals surface area contributed by atoms with Gasteiger partial charge in [-0.1, -0.05) is 65.8 Å². The van der Waals surface area contributed by atoms with Gasteiger partial charge in [0.05, 0.1) is 0 Å². The van der Waals surface area contributed by atoms with Gasteiger partial charge < -0.3 is 4.98 Å². The minimum Gasteiger partial charge on any atom is -0.362 e. The van der Waals surface area contributed by atoms with Crippen LogP contribution in [0.5, 0.6) is 0 Å². The standard InChI is InChI=1S/C25H35NSi/c1-16(2)27(17(3)4,18(5)6)24-15-22-14-21(12-13-23(22)26-24)25-19(7)10-9-11-20(25)8/h9-18,26H,1-8H3. The summed E-state index contributed by atoms with van der Waals surface area (Å²) in [5.74, 6) is 0. The molecule has 27 heavy (non-hydrogen) atoms. The van der Waals surface area contributed by atoms with E-state index >= 15 is 0 Å². The van der Waals surface area contributed by atoms with E-state index in [-0.39, 0.29) is 0 Å². The molecular weight excluding hydrogens is 342 g/mol. The molecule has 3 rings (SSSR count). The zero-order valence-electron chi connectivity index (χ0n) is 18.3. The maximum atomic E-state index is 3.85. The fourth-order valence-corrected chi connectivity index (χ4v) is 12.3. The molecule has 1 heterocycles. The summed E-state index contributed by atoms with van der Waals surface area (Å²) >= 11 is 0. The summed E-state index contributed by atoms with van der Waals surface area (Å²) in [5, 5.41) is 2.88. The molecule has 0 radical (unpaired) electrons. The molecule has 1 nitrogen and oxygen atoms in total. The maximum absolute atomic E-state index is 3.85. The molecule has 0 saturated carbocycles. The van der Waals surface area contributed by atoms with Crippen LogP contribution in [0, 0.1) is 13.8 Å². The van der Waals surface area contributed by atoms with Gasteiger partial charge in [-0.05, 0) is 76.3 Å². The Bertz CT molecular complexity index is 904. The van der Waals surface area contributed by atoms with Crippen molar-refractivity contribution in [3.63, 3.8) is 0 Å². The summed E-state index contributed by atoms with van der Waals surface area (Å²) in [6.07, 6.45) is 0. The number of fused-ring (bicyclic) bond motifs is 1. The Labute approximate surface area is 166 Å². The van der Waals surface area contributed by atoms with Gasteiger partial charge in [-0.15, -0.1) is 0 Å². The Morgan fingerprint density at radius 2 is 1.30 bits per heavy atom. The van der Waals surface area contributed by atoms with Crippen LogP contribution in [-0.2, 0) is 0 Å². The van der Waals surface area contributed by atoms with Crippen LogP contribution < -0.4 is 5.32 Å². The molecule has 0 spiro atoms. The quantitative estimate of drug-likeness (QED) is 0.448. The van der Waals surface area contributed by atoms with Crippen molar-refractivity contribution in [3.05, 3.63) is 53.6 Å². The Balaban J connectivity index is 2.19. The van der Waals surface area contributed by atoms with Crippen molar-refractivity contribution < 1.29 is 0 Å². The first-order chi connectivity index (χ1) is 12.7. The smallest absolute Gasteiger partial charge is 0.115 e. The van der Waals surface area contributed by atoms with Gasteiger partial charge in [0.15, 0.2) is 0 Å². The molecule has 0 aliphatic rings. The SMILES string of the molecule is Cc1cccc(C)c1-c1ccc2[nH]c([Si](C(C)C)(C(C)C)C(C)C)cc2c1. The first-order valence-electron chi connectivity index (χ1n) is 10.4. The average Bonchev–Trinajstić information content (AvgIpc) is 2.97. The van der Waals surface area contributed by atoms with E-state index in [0.29, 0.717) is 16.6 Å². The maximum Gasteiger partial charge on any atom is 0.115 e. The Hall–Kier alpha value is -1.80. The lowest BCUT2D eigenvalue weighted by Crippen LogP contribution is -2.56. The predicted molar refractivity (Wildman–Crippen MR) is 124 cm³/mol. The molecule has 0 amide bonds. The highest BCUT2D eigenvalue weighted by Gasteiger charge is 2.45. The van der Waals surface area contributed by atoms with Gasteiger partial charge in [0.25, 0.3) is 0 Å². The largest absolute Gasteiger partial charge is 0.362 e. The number of aromatic nitrogens is 1. The summed E-state index contributed by atoms with van der Waals surface area (Å²) in [5.41, 5.74) is 8.81. The highest BCUT2D eigenvalue weighted by atomic mass is 28.3. The zero-order chi connectivity index (χ0) is 19.9. The summed E-state index contributed by atoms with van der Waals surface area (Å²) in [6.45, 7) is 19.0. The van der Waals surface area contributed by atoms with Gasteiger partial charge in [0, 0.05) is 10.8 Å². The molecule has 0 saturated heterocycles. The van der Waals surface area contributed by atoms with Gasteiger partial charge in [0.2, 0.25) is 0 Å². The molecular formula is C25H35NSi. The van der Waals surface area contributed by atoms with Crippen molar-refractivity contribution in [3.8, 4) is 11.1 Å². The summed E-state index contributed by atoms with van der Waals surface area (Å²) in [6, 6.07) is 16.0. The van der Waals surface area contributed by atoms with E-state index in [1.165, 1.54) is 38.5 Å². The highest BCUT2D eigenvalue weighted by Crippen LogP contribution is 2.41. The third kappa shape index (κ3) is 3.18. The molecule has 0 aliphatic carbocycles. The van der Waals surface area contributed by atoms with E-state index in [4.69, 9.17) is 0 Å². The monoisotopic (exact) mass is 377 g/mol. The van der Waals surface area contributed by atoms with Crippen molar-refractivity contribution in [1.29, 1.82) is 0 Å². The first kappa shape index (κ1) is 19.9. The van der Waals surface area contributed by atoms with Crippen molar-refractivity contribution >= 4 is 24.3 Å². The van der Waals surface area contributed by atoms with Crippen LogP contribution in [-0.4, -0.2) is 13.1 Å². The number of aryl methyl sites for hydroxylation is 2. The summed E-state index contributed by atoms with van der Waals surface area (Å²) < 4.78 is 0. The Morgan fingerprint density at radius 3 is 1.81 bits per heavy atom. The molecule has 1 N–H and O–H groups in total. The van der Waals surface area contributed by atoms with Crippen molar-refractivity contribution in [2.45, 2.75) is 72.0 Å². The molecule has 2 heteroatoms. The van der Waals surface area contributed by atoms with Crippen LogP contribution in [0.2, 0.25) is 16.6 Å². The fraction of sp³-hybridized carbons (Fsp3) is 0.440. The second-order valence-corrected chi connectivity index (χ2v) is 15.0. The van der Waals surface area contributed by atoms with E-state index in [0.717, 1.165) is 0 Å². The molecule has 0 atom stereocenters. The van der Waals surface area contributed by atoms with Gasteiger partial charge in [0.1, 0.15) is 8.07 Å². The van der Waals surface area contributed by atoms with Crippen molar-refractivity contribution in [1.82, 2.24) is 4.98 Å². The van der Waals surface area contributed by atoms with E-state index in [9.17, 15) is 0 Å². The molecule has 0 fully saturated rings. The van der Waals surface area contributed by atoms with Gasteiger partial charge >= 0.3 is 0 Å². The van der Waals surface area contributed by atoms with Gasteiger partial charge in [-0.25, -0.2) is 0 Å². The lowest BCUT2D eigenvalue weighted by Gasteiger charge is -2.42. The van der Waals surface area contributed by atoms with Crippen molar-refractivity contribution in [2.24, 2.45) is 0 Å². The fourth-order valence-electron chi connectivity index (χ4n) is 5.72. The number of hydrogen-bond acceptors (Lipinski definition) is 0. The molecule has 0 aliphatic heterocycles. The van der Waals surface area contributed by atoms with Crippen LogP contribution in [0.3, 0.4) is 0 Å². The number of H-pyrrole nitrogens is 1. The van der Waals surface area contributed by atoms with Crippen LogP contribution in [0.1, 0.15) is 52.7 Å². The van der Waals surface area contributed by atoms with Gasteiger partial charge in [-0.3, -0.25) is 0 Å². The van der Waals surface area contributed by atoms with E-state index in [1.807, 2.05) is 0 Å². The third-order valence-electron chi connectivity index (χ3n) is 6.72. The minimum atomic E-state index is -1.66. The molecule has 144 valence electrons. The second kappa shape index (κ2) is 7.31. The summed E-state index contributed by atoms with van der Waals surface area (Å²) in [4.78, 5) is 3.85. The zero-order valence-corrected chi connectivity index (χ0v) is 19.3. The van der Waals surface area contributed by atoms with Crippen LogP contribution in [0.25, 0.3) is 22.0 Å². The van der Waals surface area contributed by atoms with Gasteiger partial charge in [-0.2, -0.15) is 0 Å². The third-order valence-corrected chi connectivity index (χ3v) is 13.7. The average molecular weight is 378 g/mol. The lowest BCUT2D eigenvalue weighted by atomic mass is 9.95. The number of hydrogen-bond donors (Lipinski definition) is 1.